The topological polar surface area (TPSA) is 67.2 Å². The molecule has 4 rings (SSSR count). The van der Waals surface area contributed by atoms with Gasteiger partial charge in [-0.3, -0.25) is 4.79 Å². The van der Waals surface area contributed by atoms with Crippen molar-refractivity contribution in [2.75, 3.05) is 5.32 Å². The smallest absolute Gasteiger partial charge is 0.248 e. The van der Waals surface area contributed by atoms with Crippen molar-refractivity contribution in [3.8, 4) is 11.4 Å². The third-order valence-electron chi connectivity index (χ3n) is 4.30. The Morgan fingerprint density at radius 2 is 1.66 bits per heavy atom. The summed E-state index contributed by atoms with van der Waals surface area (Å²) in [6.07, 6.45) is 2.93. The lowest BCUT2D eigenvalue weighted by Crippen LogP contribution is -2.07. The molecule has 0 aliphatic carbocycles. The maximum absolute atomic E-state index is 13.4. The van der Waals surface area contributed by atoms with Gasteiger partial charge in [0.05, 0.1) is 5.52 Å². The van der Waals surface area contributed by atoms with Crippen LogP contribution in [0.15, 0.2) is 72.8 Å². The lowest BCUT2D eigenvalue weighted by Gasteiger charge is -2.05. The molecule has 0 saturated heterocycles. The molecule has 1 heterocycles. The second-order valence-electron chi connectivity index (χ2n) is 6.33. The van der Waals surface area contributed by atoms with E-state index in [2.05, 4.69) is 10.3 Å². The fraction of sp³-hybridized carbons (Fsp3) is 0. The summed E-state index contributed by atoms with van der Waals surface area (Å²) in [7, 11) is 0. The van der Waals surface area contributed by atoms with Crippen LogP contribution in [0.4, 0.5) is 14.5 Å². The van der Waals surface area contributed by atoms with Gasteiger partial charge in [-0.05, 0) is 60.2 Å². The molecule has 0 bridgehead atoms. The number of hydrogen-bond acceptors (Lipinski definition) is 3. The summed E-state index contributed by atoms with van der Waals surface area (Å²) in [4.78, 5) is 16.4. The number of halogens is 2. The highest BCUT2D eigenvalue weighted by Gasteiger charge is 2.12. The highest BCUT2D eigenvalue weighted by atomic mass is 19.1. The zero-order valence-corrected chi connectivity index (χ0v) is 15.0. The molecule has 0 atom stereocenters. The van der Waals surface area contributed by atoms with Gasteiger partial charge in [0.1, 0.15) is 17.2 Å². The van der Waals surface area contributed by atoms with Crippen molar-refractivity contribution in [1.29, 1.82) is 0 Å². The molecule has 0 fully saturated rings. The molecule has 29 heavy (non-hydrogen) atoms. The van der Waals surface area contributed by atoms with E-state index in [1.165, 1.54) is 36.4 Å². The maximum Gasteiger partial charge on any atom is 0.248 e. The lowest BCUT2D eigenvalue weighted by atomic mass is 10.2. The average Bonchev–Trinajstić information content (AvgIpc) is 3.04. The molecule has 1 amide bonds. The Morgan fingerprint density at radius 3 is 2.38 bits per heavy atom. The second-order valence-corrected chi connectivity index (χ2v) is 6.33. The molecular weight excluding hydrogens is 376 g/mol. The first-order valence-corrected chi connectivity index (χ1v) is 8.72. The summed E-state index contributed by atoms with van der Waals surface area (Å²) >= 11 is 0. The van der Waals surface area contributed by atoms with Crippen LogP contribution in [0, 0.1) is 11.6 Å². The van der Waals surface area contributed by atoms with Crippen molar-refractivity contribution in [2.45, 2.75) is 0 Å². The summed E-state index contributed by atoms with van der Waals surface area (Å²) in [5, 5.41) is 13.0. The van der Waals surface area contributed by atoms with E-state index in [9.17, 15) is 18.8 Å². The van der Waals surface area contributed by atoms with Crippen LogP contribution in [0.25, 0.3) is 28.5 Å². The van der Waals surface area contributed by atoms with Crippen molar-refractivity contribution >= 4 is 28.7 Å². The Balaban J connectivity index is 1.48. The largest absolute Gasteiger partial charge is 0.426 e. The number of carbonyl (C=O) groups is 1. The van der Waals surface area contributed by atoms with Crippen molar-refractivity contribution in [2.24, 2.45) is 0 Å². The summed E-state index contributed by atoms with van der Waals surface area (Å²) in [5.74, 6) is -0.883. The van der Waals surface area contributed by atoms with Gasteiger partial charge in [0.15, 0.2) is 5.82 Å². The Morgan fingerprint density at radius 1 is 0.966 bits per heavy atom. The lowest BCUT2D eigenvalue weighted by molar-refractivity contribution is -0.111. The number of rotatable bonds is 4. The number of fused-ring (bicyclic) bond motifs is 1. The monoisotopic (exact) mass is 391 g/mol. The van der Waals surface area contributed by atoms with Gasteiger partial charge in [-0.25, -0.2) is 13.8 Å². The van der Waals surface area contributed by atoms with Crippen molar-refractivity contribution in [3.05, 3.63) is 90.0 Å². The van der Waals surface area contributed by atoms with E-state index >= 15 is 0 Å². The summed E-state index contributed by atoms with van der Waals surface area (Å²) < 4.78 is 27.1. The molecule has 0 saturated carbocycles. The van der Waals surface area contributed by atoms with Gasteiger partial charge in [-0.15, -0.1) is 0 Å². The van der Waals surface area contributed by atoms with Crippen LogP contribution in [-0.2, 0) is 4.79 Å². The maximum atomic E-state index is 13.4. The Bertz CT molecular complexity index is 1210. The number of imidazole rings is 1. The normalized spacial score (nSPS) is 11.2. The Labute approximate surface area is 164 Å². The molecule has 1 aromatic heterocycles. The predicted molar refractivity (Wildman–Crippen MR) is 106 cm³/mol. The van der Waals surface area contributed by atoms with Gasteiger partial charge in [0.25, 0.3) is 0 Å². The van der Waals surface area contributed by atoms with Gasteiger partial charge in [0, 0.05) is 23.4 Å². The zero-order valence-electron chi connectivity index (χ0n) is 15.0. The van der Waals surface area contributed by atoms with Crippen LogP contribution in [-0.4, -0.2) is 20.8 Å². The van der Waals surface area contributed by atoms with Crippen LogP contribution in [0.3, 0.4) is 0 Å². The van der Waals surface area contributed by atoms with Crippen molar-refractivity contribution < 1.29 is 18.8 Å². The fourth-order valence-electron chi connectivity index (χ4n) is 2.86. The van der Waals surface area contributed by atoms with Gasteiger partial charge >= 0.3 is 0 Å². The van der Waals surface area contributed by atoms with Crippen LogP contribution in [0.1, 0.15) is 5.56 Å². The van der Waals surface area contributed by atoms with Crippen LogP contribution < -0.4 is 5.32 Å². The SMILES string of the molecule is O=C(/C=C/c1ccc(F)cc1)Nc1ccc(-c2nc3ccc(F)cc3n2O)cc1. The average molecular weight is 391 g/mol. The Hall–Kier alpha value is -4.00. The van der Waals surface area contributed by atoms with Crippen molar-refractivity contribution in [3.63, 3.8) is 0 Å². The molecule has 4 aromatic rings. The molecule has 0 spiro atoms. The fourth-order valence-corrected chi connectivity index (χ4v) is 2.86. The van der Waals surface area contributed by atoms with Gasteiger partial charge in [-0.2, -0.15) is 4.73 Å². The first kappa shape index (κ1) is 18.4. The van der Waals surface area contributed by atoms with E-state index in [0.29, 0.717) is 22.3 Å². The molecule has 7 heteroatoms. The summed E-state index contributed by atoms with van der Waals surface area (Å²) in [6.45, 7) is 0. The van der Waals surface area contributed by atoms with Gasteiger partial charge in [0.2, 0.25) is 5.91 Å². The van der Waals surface area contributed by atoms with E-state index in [-0.39, 0.29) is 23.1 Å². The summed E-state index contributed by atoms with van der Waals surface area (Å²) in [5.41, 5.74) is 2.59. The molecule has 0 aliphatic rings. The van der Waals surface area contributed by atoms with Crippen LogP contribution >= 0.6 is 0 Å². The van der Waals surface area contributed by atoms with Crippen LogP contribution in [0.5, 0.6) is 0 Å². The molecule has 2 N–H and O–H groups in total. The Kier molecular flexibility index (Phi) is 4.78. The second kappa shape index (κ2) is 7.55. The van der Waals surface area contributed by atoms with E-state index in [4.69, 9.17) is 0 Å². The standard InChI is InChI=1S/C22H15F2N3O2/c23-16-6-1-14(2-7-16)3-12-21(28)25-18-9-4-15(5-10-18)22-26-19-11-8-17(24)13-20(19)27(22)29/h1-13,29H,(H,25,28)/b12-3+. The first-order valence-electron chi connectivity index (χ1n) is 8.72. The number of nitrogens with zero attached hydrogens (tertiary/aromatic N) is 2. The van der Waals surface area contributed by atoms with E-state index in [1.807, 2.05) is 0 Å². The number of aromatic nitrogens is 2. The van der Waals surface area contributed by atoms with Gasteiger partial charge < -0.3 is 10.5 Å². The molecule has 144 valence electrons. The highest BCUT2D eigenvalue weighted by molar-refractivity contribution is 6.02. The quantitative estimate of drug-likeness (QED) is 0.385. The number of hydrogen-bond donors (Lipinski definition) is 2. The molecular formula is C22H15F2N3O2. The zero-order chi connectivity index (χ0) is 20.4. The van der Waals surface area contributed by atoms with E-state index in [1.54, 1.807) is 42.5 Å². The third-order valence-corrected chi connectivity index (χ3v) is 4.30. The minimum atomic E-state index is -0.467. The predicted octanol–water partition coefficient (Wildman–Crippen LogP) is 4.87. The number of benzene rings is 3. The first-order chi connectivity index (χ1) is 14.0. The van der Waals surface area contributed by atoms with Crippen molar-refractivity contribution in [1.82, 2.24) is 9.71 Å². The summed E-state index contributed by atoms with van der Waals surface area (Å²) in [6, 6.07) is 16.4. The molecule has 3 aromatic carbocycles. The highest BCUT2D eigenvalue weighted by Crippen LogP contribution is 2.25. The number of anilines is 1. The number of nitrogens with one attached hydrogen (secondary N) is 1. The molecule has 0 unspecified atom stereocenters. The molecule has 5 nitrogen and oxygen atoms in total. The van der Waals surface area contributed by atoms with Crippen LogP contribution in [0.2, 0.25) is 0 Å². The number of amides is 1. The molecule has 0 radical (unpaired) electrons. The number of carbonyl (C=O) groups excluding carboxylic acids is 1. The van der Waals surface area contributed by atoms with E-state index < -0.39 is 5.82 Å². The van der Waals surface area contributed by atoms with E-state index in [0.717, 1.165) is 4.73 Å². The third kappa shape index (κ3) is 3.98. The molecule has 0 aliphatic heterocycles. The minimum absolute atomic E-state index is 0.264. The minimum Gasteiger partial charge on any atom is -0.426 e. The van der Waals surface area contributed by atoms with Gasteiger partial charge in [-0.1, -0.05) is 12.1 Å².